The molecule has 7 heteroatoms. The number of nitrogens with one attached hydrogen (secondary N) is 2. The van der Waals surface area contributed by atoms with Crippen molar-refractivity contribution in [2.24, 2.45) is 0 Å². The Bertz CT molecular complexity index is 1280. The predicted molar refractivity (Wildman–Crippen MR) is 123 cm³/mol. The van der Waals surface area contributed by atoms with Gasteiger partial charge in [-0.2, -0.15) is 5.26 Å². The Morgan fingerprint density at radius 2 is 2.06 bits per heavy atom. The van der Waals surface area contributed by atoms with E-state index in [2.05, 4.69) is 26.7 Å². The molecular weight excluding hydrogens is 388 g/mol. The van der Waals surface area contributed by atoms with Crippen molar-refractivity contribution in [3.05, 3.63) is 70.4 Å². The number of rotatable bonds is 4. The van der Waals surface area contributed by atoms with E-state index in [9.17, 15) is 10.1 Å². The molecule has 1 unspecified atom stereocenters. The number of nitriles is 1. The third-order valence-corrected chi connectivity index (χ3v) is 4.81. The van der Waals surface area contributed by atoms with E-state index in [-0.39, 0.29) is 6.04 Å². The van der Waals surface area contributed by atoms with Gasteiger partial charge in [-0.3, -0.25) is 4.98 Å². The molecule has 0 aliphatic rings. The van der Waals surface area contributed by atoms with E-state index in [0.29, 0.717) is 17.1 Å². The van der Waals surface area contributed by atoms with Gasteiger partial charge < -0.3 is 16.4 Å². The Hall–Kier alpha value is -4.18. The maximum atomic E-state index is 12.4. The lowest BCUT2D eigenvalue weighted by atomic mass is 10.1. The van der Waals surface area contributed by atoms with E-state index < -0.39 is 6.03 Å². The largest absolute Gasteiger partial charge is 0.383 e. The topological polar surface area (TPSA) is 117 Å². The number of para-hydroxylation sites is 1. The van der Waals surface area contributed by atoms with Gasteiger partial charge in [0.25, 0.3) is 0 Å². The van der Waals surface area contributed by atoms with Crippen LogP contribution in [0.4, 0.5) is 16.3 Å². The number of pyridine rings is 2. The fourth-order valence-electron chi connectivity index (χ4n) is 3.28. The lowest BCUT2D eigenvalue weighted by molar-refractivity contribution is 0.251. The van der Waals surface area contributed by atoms with E-state index in [1.807, 2.05) is 45.1 Å². The molecule has 0 radical (unpaired) electrons. The minimum Gasteiger partial charge on any atom is -0.383 e. The van der Waals surface area contributed by atoms with Crippen molar-refractivity contribution < 1.29 is 4.79 Å². The summed E-state index contributed by atoms with van der Waals surface area (Å²) in [5.74, 6) is 0.411. The highest BCUT2D eigenvalue weighted by atomic mass is 16.2. The Morgan fingerprint density at radius 1 is 1.29 bits per heavy atom. The zero-order valence-corrected chi connectivity index (χ0v) is 17.7. The zero-order valence-electron chi connectivity index (χ0n) is 17.7. The number of aromatic nitrogens is 2. The summed E-state index contributed by atoms with van der Waals surface area (Å²) in [6.45, 7) is 5.75. The number of hydrogen-bond donors (Lipinski definition) is 3. The number of aryl methyl sites for hydroxylation is 1. The van der Waals surface area contributed by atoms with Gasteiger partial charge in [-0.1, -0.05) is 24.3 Å². The minimum atomic E-state index is -0.404. The van der Waals surface area contributed by atoms with Gasteiger partial charge >= 0.3 is 6.03 Å². The van der Waals surface area contributed by atoms with E-state index in [4.69, 9.17) is 5.73 Å². The summed E-state index contributed by atoms with van der Waals surface area (Å²) in [5, 5.41) is 16.4. The van der Waals surface area contributed by atoms with Crippen molar-refractivity contribution in [2.75, 3.05) is 11.1 Å². The second-order valence-electron chi connectivity index (χ2n) is 7.09. The van der Waals surface area contributed by atoms with Crippen LogP contribution < -0.4 is 26.8 Å². The van der Waals surface area contributed by atoms with Crippen LogP contribution in [0.25, 0.3) is 23.4 Å². The molecule has 31 heavy (non-hydrogen) atoms. The average Bonchev–Trinajstić information content (AvgIpc) is 2.74. The summed E-state index contributed by atoms with van der Waals surface area (Å²) in [4.78, 5) is 21.2. The Labute approximate surface area is 181 Å². The molecule has 156 valence electrons. The van der Waals surface area contributed by atoms with Crippen molar-refractivity contribution in [3.63, 3.8) is 0 Å². The van der Waals surface area contributed by atoms with Gasteiger partial charge in [-0.05, 0) is 55.8 Å². The van der Waals surface area contributed by atoms with E-state index in [1.54, 1.807) is 36.7 Å². The van der Waals surface area contributed by atoms with Crippen molar-refractivity contribution in [3.8, 4) is 17.3 Å². The Balaban J connectivity index is 1.90. The molecule has 0 saturated carbocycles. The molecule has 3 aromatic rings. The first kappa shape index (κ1) is 21.5. The van der Waals surface area contributed by atoms with Crippen molar-refractivity contribution in [1.29, 1.82) is 5.26 Å². The van der Waals surface area contributed by atoms with E-state index in [1.165, 1.54) is 0 Å². The summed E-state index contributed by atoms with van der Waals surface area (Å²) >= 11 is 0. The van der Waals surface area contributed by atoms with E-state index in [0.717, 1.165) is 27.3 Å². The first-order valence-corrected chi connectivity index (χ1v) is 9.85. The van der Waals surface area contributed by atoms with Gasteiger partial charge in [0.05, 0.1) is 16.9 Å². The summed E-state index contributed by atoms with van der Waals surface area (Å²) in [7, 11) is 0. The maximum Gasteiger partial charge on any atom is 0.319 e. The normalized spacial score (nSPS) is 12.8. The Morgan fingerprint density at radius 3 is 2.77 bits per heavy atom. The number of benzene rings is 1. The second-order valence-corrected chi connectivity index (χ2v) is 7.09. The standard InChI is InChI=1S/C24H24N6O/c1-4-19-18(12-22(29-23(19)26)20-14-27-10-9-15(20)2)11-16(3)28-24(31)30-21-8-6-5-7-17(21)13-25/h4-12,14,16H,1-3H3,(H2,26,29)(H2,28,30,31)/b18-11-,19-4+. The third-order valence-electron chi connectivity index (χ3n) is 4.81. The minimum absolute atomic E-state index is 0.308. The smallest absolute Gasteiger partial charge is 0.319 e. The number of anilines is 2. The fraction of sp³-hybridized carbons (Fsp3) is 0.167. The summed E-state index contributed by atoms with van der Waals surface area (Å²) < 4.78 is 0. The molecule has 1 aromatic carbocycles. The van der Waals surface area contributed by atoms with Gasteiger partial charge in [0.1, 0.15) is 11.9 Å². The van der Waals surface area contributed by atoms with Crippen molar-refractivity contribution >= 4 is 29.7 Å². The van der Waals surface area contributed by atoms with Crippen LogP contribution >= 0.6 is 0 Å². The highest BCUT2D eigenvalue weighted by molar-refractivity contribution is 5.91. The van der Waals surface area contributed by atoms with Crippen LogP contribution in [0.5, 0.6) is 0 Å². The molecule has 2 aromatic heterocycles. The van der Waals surface area contributed by atoms with E-state index >= 15 is 0 Å². The molecule has 7 nitrogen and oxygen atoms in total. The molecule has 0 spiro atoms. The van der Waals surface area contributed by atoms with Gasteiger partial charge in [0.15, 0.2) is 0 Å². The predicted octanol–water partition coefficient (Wildman–Crippen LogP) is 2.70. The molecule has 0 fully saturated rings. The third kappa shape index (κ3) is 5.06. The van der Waals surface area contributed by atoms with Crippen LogP contribution in [0.3, 0.4) is 0 Å². The first-order valence-electron chi connectivity index (χ1n) is 9.85. The van der Waals surface area contributed by atoms with Gasteiger partial charge in [0.2, 0.25) is 0 Å². The highest BCUT2D eigenvalue weighted by Crippen LogP contribution is 2.18. The molecule has 3 rings (SSSR count). The highest BCUT2D eigenvalue weighted by Gasteiger charge is 2.10. The number of carbonyl (C=O) groups excluding carboxylic acids is 1. The summed E-state index contributed by atoms with van der Waals surface area (Å²) in [6, 6.07) is 12.1. The van der Waals surface area contributed by atoms with Crippen LogP contribution in [0.2, 0.25) is 0 Å². The Kier molecular flexibility index (Phi) is 6.63. The van der Waals surface area contributed by atoms with Gasteiger partial charge in [0, 0.05) is 29.2 Å². The average molecular weight is 412 g/mol. The lowest BCUT2D eigenvalue weighted by Gasteiger charge is -2.13. The molecular formula is C24H24N6O. The van der Waals surface area contributed by atoms with Crippen LogP contribution in [-0.4, -0.2) is 22.0 Å². The molecule has 4 N–H and O–H groups in total. The molecule has 0 bridgehead atoms. The number of urea groups is 1. The zero-order chi connectivity index (χ0) is 22.4. The molecule has 0 saturated heterocycles. The van der Waals surface area contributed by atoms with Crippen LogP contribution in [-0.2, 0) is 0 Å². The summed E-state index contributed by atoms with van der Waals surface area (Å²) in [6.07, 6.45) is 7.30. The SMILES string of the molecule is C/C=c1/c(N)nc(-c2cnccc2C)c/c1=C/C(C)NC(=O)Nc1ccccc1C#N. The lowest BCUT2D eigenvalue weighted by Crippen LogP contribution is -2.38. The monoisotopic (exact) mass is 412 g/mol. The summed E-state index contributed by atoms with van der Waals surface area (Å²) in [5.41, 5.74) is 9.74. The number of nitrogens with two attached hydrogens (primary N) is 1. The first-order chi connectivity index (χ1) is 14.9. The number of hydrogen-bond acceptors (Lipinski definition) is 5. The van der Waals surface area contributed by atoms with Crippen LogP contribution in [0, 0.1) is 18.3 Å². The number of nitrogens with zero attached hydrogens (tertiary/aromatic N) is 3. The van der Waals surface area contributed by atoms with Crippen LogP contribution in [0.15, 0.2) is 48.8 Å². The van der Waals surface area contributed by atoms with Crippen molar-refractivity contribution in [1.82, 2.24) is 15.3 Å². The maximum absolute atomic E-state index is 12.4. The molecule has 2 heterocycles. The molecule has 1 atom stereocenters. The fourth-order valence-corrected chi connectivity index (χ4v) is 3.28. The molecule has 0 aliphatic heterocycles. The molecule has 0 aliphatic carbocycles. The second kappa shape index (κ2) is 9.55. The van der Waals surface area contributed by atoms with Gasteiger partial charge in [-0.15, -0.1) is 0 Å². The van der Waals surface area contributed by atoms with Crippen LogP contribution in [0.1, 0.15) is 25.0 Å². The number of carbonyl (C=O) groups is 1. The van der Waals surface area contributed by atoms with Gasteiger partial charge in [-0.25, -0.2) is 9.78 Å². The molecule has 2 amide bonds. The van der Waals surface area contributed by atoms with Crippen molar-refractivity contribution in [2.45, 2.75) is 26.8 Å². The number of amides is 2. The quantitative estimate of drug-likeness (QED) is 0.609. The number of nitrogen functional groups attached to an aromatic ring is 1.